The second-order valence-electron chi connectivity index (χ2n) is 7.23. The quantitative estimate of drug-likeness (QED) is 0.663. The van der Waals surface area contributed by atoms with Gasteiger partial charge in [-0.05, 0) is 50.6 Å². The van der Waals surface area contributed by atoms with Crippen molar-refractivity contribution in [2.75, 3.05) is 27.9 Å². The molecule has 29 heavy (non-hydrogen) atoms. The molecule has 0 fully saturated rings. The Kier molecular flexibility index (Phi) is 4.54. The maximum absolute atomic E-state index is 13.0. The van der Waals surface area contributed by atoms with E-state index in [9.17, 15) is 4.79 Å². The third kappa shape index (κ3) is 3.44. The fourth-order valence-corrected chi connectivity index (χ4v) is 3.41. The number of aryl methyl sites for hydroxylation is 3. The molecule has 8 nitrogen and oxygen atoms in total. The van der Waals surface area contributed by atoms with E-state index in [0.717, 1.165) is 33.9 Å². The van der Waals surface area contributed by atoms with E-state index in [1.165, 1.54) is 4.90 Å². The molecule has 3 N–H and O–H groups in total. The minimum absolute atomic E-state index is 0.163. The lowest BCUT2D eigenvalue weighted by Crippen LogP contribution is -2.46. The Labute approximate surface area is 169 Å². The van der Waals surface area contributed by atoms with Gasteiger partial charge >= 0.3 is 6.03 Å². The minimum Gasteiger partial charge on any atom is -0.399 e. The summed E-state index contributed by atoms with van der Waals surface area (Å²) in [5.74, 6) is 1.01. The Balaban J connectivity index is 1.66. The van der Waals surface area contributed by atoms with Crippen LogP contribution in [0.2, 0.25) is 0 Å². The molecule has 0 radical (unpaired) electrons. The highest BCUT2D eigenvalue weighted by Crippen LogP contribution is 2.32. The number of nitrogen functional groups attached to an aromatic ring is 1. The van der Waals surface area contributed by atoms with Gasteiger partial charge < -0.3 is 11.1 Å². The van der Waals surface area contributed by atoms with Crippen LogP contribution in [0.15, 0.2) is 36.5 Å². The molecule has 1 aliphatic heterocycles. The number of aromatic nitrogens is 3. The number of rotatable bonds is 3. The molecule has 2 aromatic heterocycles. The fourth-order valence-electron chi connectivity index (χ4n) is 3.41. The van der Waals surface area contributed by atoms with Crippen molar-refractivity contribution in [2.24, 2.45) is 0 Å². The zero-order valence-corrected chi connectivity index (χ0v) is 16.9. The number of anilines is 5. The SMILES string of the molecule is Cc1ccc(Nc2ncc3c(n2)N(C)C(=O)N(c2cc(N)ccc2C)C3)c(C)n1. The first-order valence-corrected chi connectivity index (χ1v) is 9.32. The lowest BCUT2D eigenvalue weighted by Gasteiger charge is -2.34. The summed E-state index contributed by atoms with van der Waals surface area (Å²) in [5.41, 5.74) is 11.8. The molecule has 3 heterocycles. The van der Waals surface area contributed by atoms with E-state index in [1.54, 1.807) is 18.1 Å². The van der Waals surface area contributed by atoms with Crippen LogP contribution in [0.1, 0.15) is 22.5 Å². The summed E-state index contributed by atoms with van der Waals surface area (Å²) < 4.78 is 0. The Morgan fingerprint density at radius 1 is 1.10 bits per heavy atom. The number of carbonyl (C=O) groups excluding carboxylic acids is 1. The topological polar surface area (TPSA) is 100 Å². The monoisotopic (exact) mass is 389 g/mol. The first-order valence-electron chi connectivity index (χ1n) is 9.32. The number of amides is 2. The average molecular weight is 389 g/mol. The van der Waals surface area contributed by atoms with Gasteiger partial charge in [-0.2, -0.15) is 4.98 Å². The summed E-state index contributed by atoms with van der Waals surface area (Å²) >= 11 is 0. The highest BCUT2D eigenvalue weighted by atomic mass is 16.2. The zero-order valence-electron chi connectivity index (χ0n) is 16.9. The van der Waals surface area contributed by atoms with Crippen molar-refractivity contribution < 1.29 is 4.79 Å². The van der Waals surface area contributed by atoms with Gasteiger partial charge in [-0.15, -0.1) is 0 Å². The van der Waals surface area contributed by atoms with Crippen molar-refractivity contribution >= 4 is 34.9 Å². The number of fused-ring (bicyclic) bond motifs is 1. The Morgan fingerprint density at radius 3 is 2.66 bits per heavy atom. The molecule has 0 saturated carbocycles. The molecule has 0 spiro atoms. The average Bonchev–Trinajstić information content (AvgIpc) is 2.69. The summed E-state index contributed by atoms with van der Waals surface area (Å²) in [6, 6.07) is 9.26. The number of nitrogens with two attached hydrogens (primary N) is 1. The molecule has 1 aliphatic rings. The van der Waals surface area contributed by atoms with Crippen LogP contribution in [0.25, 0.3) is 0 Å². The molecular weight excluding hydrogens is 366 g/mol. The van der Waals surface area contributed by atoms with Gasteiger partial charge in [0.05, 0.1) is 23.6 Å². The second-order valence-corrected chi connectivity index (χ2v) is 7.23. The Morgan fingerprint density at radius 2 is 1.90 bits per heavy atom. The third-order valence-corrected chi connectivity index (χ3v) is 5.00. The maximum Gasteiger partial charge on any atom is 0.330 e. The van der Waals surface area contributed by atoms with Crippen LogP contribution >= 0.6 is 0 Å². The molecule has 3 aromatic rings. The van der Waals surface area contributed by atoms with Gasteiger partial charge in [0.2, 0.25) is 5.95 Å². The number of nitrogens with zero attached hydrogens (tertiary/aromatic N) is 5. The Bertz CT molecular complexity index is 1110. The molecule has 0 unspecified atom stereocenters. The summed E-state index contributed by atoms with van der Waals surface area (Å²) in [4.78, 5) is 29.7. The lowest BCUT2D eigenvalue weighted by atomic mass is 10.1. The normalized spacial score (nSPS) is 13.4. The standard InChI is InChI=1S/C21H23N7O/c1-12-5-7-16(22)9-18(12)28-11-15-10-23-20(26-19(15)27(4)21(28)29)25-17-8-6-13(2)24-14(17)3/h5-10H,11,22H2,1-4H3,(H,23,25,26). The van der Waals surface area contributed by atoms with Gasteiger partial charge in [0.1, 0.15) is 5.82 Å². The van der Waals surface area contributed by atoms with Crippen molar-refractivity contribution in [3.63, 3.8) is 0 Å². The second kappa shape index (κ2) is 7.05. The molecule has 2 amide bonds. The molecular formula is C21H23N7O. The van der Waals surface area contributed by atoms with Crippen molar-refractivity contribution in [1.29, 1.82) is 0 Å². The van der Waals surface area contributed by atoms with E-state index in [0.29, 0.717) is 24.0 Å². The van der Waals surface area contributed by atoms with Crippen molar-refractivity contribution in [3.05, 3.63) is 59.0 Å². The lowest BCUT2D eigenvalue weighted by molar-refractivity contribution is 0.251. The van der Waals surface area contributed by atoms with Crippen LogP contribution in [0.5, 0.6) is 0 Å². The number of pyridine rings is 1. The van der Waals surface area contributed by atoms with E-state index in [-0.39, 0.29) is 6.03 Å². The van der Waals surface area contributed by atoms with Crippen LogP contribution in [0, 0.1) is 20.8 Å². The molecule has 0 bridgehead atoms. The molecule has 1 aromatic carbocycles. The van der Waals surface area contributed by atoms with Crippen LogP contribution in [0.3, 0.4) is 0 Å². The summed E-state index contributed by atoms with van der Waals surface area (Å²) in [7, 11) is 1.71. The summed E-state index contributed by atoms with van der Waals surface area (Å²) in [5, 5.41) is 3.19. The van der Waals surface area contributed by atoms with Gasteiger partial charge in [0.25, 0.3) is 0 Å². The number of carbonyl (C=O) groups is 1. The van der Waals surface area contributed by atoms with Gasteiger partial charge in [-0.3, -0.25) is 14.8 Å². The highest BCUT2D eigenvalue weighted by Gasteiger charge is 2.31. The zero-order chi connectivity index (χ0) is 20.7. The summed E-state index contributed by atoms with van der Waals surface area (Å²) in [6.45, 7) is 6.21. The van der Waals surface area contributed by atoms with Crippen molar-refractivity contribution in [3.8, 4) is 0 Å². The molecule has 0 aliphatic carbocycles. The number of hydrogen-bond acceptors (Lipinski definition) is 6. The van der Waals surface area contributed by atoms with Crippen LogP contribution in [0.4, 0.5) is 33.6 Å². The smallest absolute Gasteiger partial charge is 0.330 e. The first-order chi connectivity index (χ1) is 13.8. The molecule has 4 rings (SSSR count). The molecule has 8 heteroatoms. The van der Waals surface area contributed by atoms with Crippen molar-refractivity contribution in [2.45, 2.75) is 27.3 Å². The molecule has 0 atom stereocenters. The number of benzene rings is 1. The number of hydrogen-bond donors (Lipinski definition) is 2. The van der Waals surface area contributed by atoms with Gasteiger partial charge in [-0.25, -0.2) is 9.78 Å². The van der Waals surface area contributed by atoms with E-state index in [2.05, 4.69) is 20.3 Å². The van der Waals surface area contributed by atoms with E-state index in [4.69, 9.17) is 5.73 Å². The van der Waals surface area contributed by atoms with Crippen LogP contribution in [-0.2, 0) is 6.54 Å². The minimum atomic E-state index is -0.163. The predicted octanol–water partition coefficient (Wildman–Crippen LogP) is 3.70. The van der Waals surface area contributed by atoms with Crippen LogP contribution in [-0.4, -0.2) is 28.0 Å². The highest BCUT2D eigenvalue weighted by molar-refractivity contribution is 6.05. The molecule has 148 valence electrons. The van der Waals surface area contributed by atoms with Gasteiger partial charge in [0, 0.05) is 30.2 Å². The molecule has 0 saturated heterocycles. The first kappa shape index (κ1) is 18.7. The van der Waals surface area contributed by atoms with E-state index >= 15 is 0 Å². The van der Waals surface area contributed by atoms with E-state index in [1.807, 2.05) is 51.1 Å². The number of nitrogens with one attached hydrogen (secondary N) is 1. The van der Waals surface area contributed by atoms with Crippen LogP contribution < -0.4 is 20.9 Å². The third-order valence-electron chi connectivity index (χ3n) is 5.00. The van der Waals surface area contributed by atoms with Crippen molar-refractivity contribution in [1.82, 2.24) is 15.0 Å². The largest absolute Gasteiger partial charge is 0.399 e. The van der Waals surface area contributed by atoms with Gasteiger partial charge in [0.15, 0.2) is 0 Å². The predicted molar refractivity (Wildman–Crippen MR) is 115 cm³/mol. The Hall–Kier alpha value is -3.68. The maximum atomic E-state index is 13.0. The van der Waals surface area contributed by atoms with Gasteiger partial charge in [-0.1, -0.05) is 6.07 Å². The fraction of sp³-hybridized carbons (Fsp3) is 0.238. The van der Waals surface area contributed by atoms with E-state index < -0.39 is 0 Å². The number of urea groups is 1. The summed E-state index contributed by atoms with van der Waals surface area (Å²) in [6.07, 6.45) is 1.75.